The van der Waals surface area contributed by atoms with Gasteiger partial charge in [-0.15, -0.1) is 0 Å². The molecule has 0 aliphatic heterocycles. The van der Waals surface area contributed by atoms with E-state index in [1.54, 1.807) is 6.92 Å². The predicted molar refractivity (Wildman–Crippen MR) is 74.4 cm³/mol. The molecule has 19 heavy (non-hydrogen) atoms. The summed E-state index contributed by atoms with van der Waals surface area (Å²) in [7, 11) is 0. The lowest BCUT2D eigenvalue weighted by atomic mass is 10.1. The first-order chi connectivity index (χ1) is 9.11. The summed E-state index contributed by atoms with van der Waals surface area (Å²) in [4.78, 5) is 0. The number of ether oxygens (including phenoxy) is 1. The van der Waals surface area contributed by atoms with Crippen molar-refractivity contribution in [3.63, 3.8) is 0 Å². The molecule has 4 heteroatoms. The Bertz CT molecular complexity index is 402. The largest absolute Gasteiger partial charge is 0.490 e. The molecule has 3 N–H and O–H groups in total. The van der Waals surface area contributed by atoms with Crippen LogP contribution in [-0.4, -0.2) is 41.6 Å². The van der Waals surface area contributed by atoms with Gasteiger partial charge >= 0.3 is 0 Å². The maximum Gasteiger partial charge on any atom is 0.122 e. The van der Waals surface area contributed by atoms with Gasteiger partial charge in [-0.25, -0.2) is 0 Å². The number of hydrogen-bond acceptors (Lipinski definition) is 4. The zero-order valence-electron chi connectivity index (χ0n) is 11.4. The van der Waals surface area contributed by atoms with Gasteiger partial charge in [0, 0.05) is 19.2 Å². The summed E-state index contributed by atoms with van der Waals surface area (Å²) in [5, 5.41) is 22.5. The molecule has 1 aliphatic rings. The lowest BCUT2D eigenvalue weighted by molar-refractivity contribution is 0.0117. The second kappa shape index (κ2) is 6.37. The van der Waals surface area contributed by atoms with E-state index in [0.717, 1.165) is 11.3 Å². The molecular weight excluding hydrogens is 242 g/mol. The van der Waals surface area contributed by atoms with Crippen LogP contribution in [0, 0.1) is 0 Å². The maximum atomic E-state index is 10.2. The molecular formula is C15H23NO3. The molecule has 0 aromatic heterocycles. The minimum absolute atomic E-state index is 0.0972. The van der Waals surface area contributed by atoms with Gasteiger partial charge in [-0.1, -0.05) is 18.2 Å². The summed E-state index contributed by atoms with van der Waals surface area (Å²) in [6.45, 7) is 2.66. The first-order valence-electron chi connectivity index (χ1n) is 6.88. The monoisotopic (exact) mass is 265 g/mol. The van der Waals surface area contributed by atoms with Gasteiger partial charge in [-0.2, -0.15) is 0 Å². The van der Waals surface area contributed by atoms with Crippen molar-refractivity contribution in [2.45, 2.75) is 37.8 Å². The summed E-state index contributed by atoms with van der Waals surface area (Å²) in [5.41, 5.74) is 0.0884. The zero-order valence-corrected chi connectivity index (χ0v) is 11.4. The van der Waals surface area contributed by atoms with Crippen LogP contribution in [0.2, 0.25) is 0 Å². The molecule has 0 spiro atoms. The topological polar surface area (TPSA) is 61.7 Å². The summed E-state index contributed by atoms with van der Waals surface area (Å²) in [6, 6.07) is 8.20. The number of para-hydroxylation sites is 1. The van der Waals surface area contributed by atoms with Crippen molar-refractivity contribution in [1.29, 1.82) is 0 Å². The summed E-state index contributed by atoms with van der Waals surface area (Å²) < 4.78 is 5.71. The molecule has 0 saturated heterocycles. The Kier molecular flexibility index (Phi) is 4.80. The summed E-state index contributed by atoms with van der Waals surface area (Å²) in [5.74, 6) is 0.739. The van der Waals surface area contributed by atoms with Crippen LogP contribution in [0.4, 0.5) is 0 Å². The number of aliphatic hydroxyl groups is 2. The average molecular weight is 265 g/mol. The number of nitrogens with one attached hydrogen (secondary N) is 1. The Labute approximate surface area is 114 Å². The van der Waals surface area contributed by atoms with Crippen LogP contribution < -0.4 is 10.1 Å². The van der Waals surface area contributed by atoms with Gasteiger partial charge in [0.05, 0.1) is 0 Å². The fourth-order valence-corrected chi connectivity index (χ4v) is 1.91. The Morgan fingerprint density at radius 3 is 2.79 bits per heavy atom. The highest BCUT2D eigenvalue weighted by Crippen LogP contribution is 2.21. The molecule has 1 fully saturated rings. The van der Waals surface area contributed by atoms with E-state index in [1.165, 1.54) is 12.8 Å². The van der Waals surface area contributed by atoms with E-state index in [2.05, 4.69) is 5.32 Å². The van der Waals surface area contributed by atoms with Gasteiger partial charge in [-0.3, -0.25) is 0 Å². The molecule has 1 aliphatic carbocycles. The van der Waals surface area contributed by atoms with E-state index in [9.17, 15) is 5.11 Å². The van der Waals surface area contributed by atoms with Gasteiger partial charge in [0.1, 0.15) is 18.0 Å². The van der Waals surface area contributed by atoms with Crippen molar-refractivity contribution >= 4 is 0 Å². The van der Waals surface area contributed by atoms with Crippen LogP contribution in [0.25, 0.3) is 0 Å². The third-order valence-electron chi connectivity index (χ3n) is 3.24. The number of hydrogen-bond donors (Lipinski definition) is 3. The van der Waals surface area contributed by atoms with Crippen LogP contribution >= 0.6 is 0 Å². The Balaban J connectivity index is 1.85. The molecule has 4 nitrogen and oxygen atoms in total. The molecule has 0 amide bonds. The van der Waals surface area contributed by atoms with Gasteiger partial charge in [0.2, 0.25) is 0 Å². The Morgan fingerprint density at radius 1 is 1.37 bits per heavy atom. The van der Waals surface area contributed by atoms with Crippen molar-refractivity contribution in [3.05, 3.63) is 29.8 Å². The van der Waals surface area contributed by atoms with Crippen LogP contribution in [0.3, 0.4) is 0 Å². The smallest absolute Gasteiger partial charge is 0.122 e. The van der Waals surface area contributed by atoms with Crippen molar-refractivity contribution in [3.8, 4) is 5.75 Å². The van der Waals surface area contributed by atoms with E-state index in [1.807, 2.05) is 24.3 Å². The molecule has 106 valence electrons. The molecule has 1 aromatic rings. The highest BCUT2D eigenvalue weighted by Gasteiger charge is 2.27. The third-order valence-corrected chi connectivity index (χ3v) is 3.24. The second-order valence-electron chi connectivity index (χ2n) is 5.52. The van der Waals surface area contributed by atoms with Gasteiger partial charge in [0.15, 0.2) is 0 Å². The summed E-state index contributed by atoms with van der Waals surface area (Å²) in [6.07, 6.45) is 2.98. The van der Waals surface area contributed by atoms with Crippen LogP contribution in [0.15, 0.2) is 24.3 Å². The minimum Gasteiger partial charge on any atom is -0.490 e. The summed E-state index contributed by atoms with van der Waals surface area (Å²) >= 11 is 0. The lowest BCUT2D eigenvalue weighted by Crippen LogP contribution is -2.43. The van der Waals surface area contributed by atoms with Gasteiger partial charge in [-0.05, 0) is 37.8 Å². The Morgan fingerprint density at radius 2 is 2.11 bits per heavy atom. The highest BCUT2D eigenvalue weighted by molar-refractivity contribution is 5.33. The van der Waals surface area contributed by atoms with Crippen molar-refractivity contribution < 1.29 is 14.9 Å². The molecule has 1 unspecified atom stereocenters. The van der Waals surface area contributed by atoms with Crippen molar-refractivity contribution in [1.82, 2.24) is 5.32 Å². The number of aliphatic hydroxyl groups excluding tert-OH is 1. The Hall–Kier alpha value is -1.10. The molecule has 1 aromatic carbocycles. The maximum absolute atomic E-state index is 10.2. The molecule has 0 heterocycles. The zero-order chi connectivity index (χ0) is 13.7. The van der Waals surface area contributed by atoms with Crippen molar-refractivity contribution in [2.24, 2.45) is 0 Å². The van der Waals surface area contributed by atoms with Gasteiger partial charge < -0.3 is 20.3 Å². The lowest BCUT2D eigenvalue weighted by Gasteiger charge is -2.24. The third kappa shape index (κ3) is 4.82. The molecule has 1 atom stereocenters. The van der Waals surface area contributed by atoms with Gasteiger partial charge in [0.25, 0.3) is 0 Å². The first-order valence-corrected chi connectivity index (χ1v) is 6.88. The number of benzene rings is 1. The fourth-order valence-electron chi connectivity index (χ4n) is 1.91. The molecule has 2 rings (SSSR count). The molecule has 0 radical (unpaired) electrons. The van der Waals surface area contributed by atoms with E-state index in [-0.39, 0.29) is 13.2 Å². The van der Waals surface area contributed by atoms with E-state index in [0.29, 0.717) is 19.0 Å². The fraction of sp³-hybridized carbons (Fsp3) is 0.600. The quantitative estimate of drug-likeness (QED) is 0.659. The van der Waals surface area contributed by atoms with Crippen molar-refractivity contribution in [2.75, 3.05) is 19.8 Å². The highest BCUT2D eigenvalue weighted by atomic mass is 16.5. The number of rotatable bonds is 8. The first kappa shape index (κ1) is 14.3. The van der Waals surface area contributed by atoms with Crippen LogP contribution in [0.5, 0.6) is 5.75 Å². The van der Waals surface area contributed by atoms with Crippen LogP contribution in [0.1, 0.15) is 25.3 Å². The standard InChI is InChI=1S/C15H23NO3/c1-15(18,10-16-13-6-7-13)11-19-14-5-3-2-4-12(14)8-9-17/h2-5,13,16-18H,6-11H2,1H3. The SMILES string of the molecule is CC(O)(CNC1CC1)COc1ccccc1CCO. The molecule has 1 saturated carbocycles. The molecule has 0 bridgehead atoms. The second-order valence-corrected chi connectivity index (χ2v) is 5.52. The van der Waals surface area contributed by atoms with Crippen LogP contribution in [-0.2, 0) is 6.42 Å². The van der Waals surface area contributed by atoms with E-state index < -0.39 is 5.60 Å². The average Bonchev–Trinajstić information content (AvgIpc) is 3.20. The van der Waals surface area contributed by atoms with E-state index in [4.69, 9.17) is 9.84 Å². The normalized spacial score (nSPS) is 18.1. The van der Waals surface area contributed by atoms with E-state index >= 15 is 0 Å². The minimum atomic E-state index is -0.880. The predicted octanol–water partition coefficient (Wildman–Crippen LogP) is 1.10.